The molecule has 15 heteroatoms. The van der Waals surface area contributed by atoms with E-state index in [2.05, 4.69) is 15.6 Å². The van der Waals surface area contributed by atoms with Crippen molar-refractivity contribution in [2.45, 2.75) is 110 Å². The Labute approximate surface area is 286 Å². The van der Waals surface area contributed by atoms with E-state index in [0.717, 1.165) is 0 Å². The van der Waals surface area contributed by atoms with E-state index in [1.54, 1.807) is 48.5 Å². The van der Waals surface area contributed by atoms with Gasteiger partial charge >= 0.3 is 24.1 Å². The first-order chi connectivity index (χ1) is 22.4. The van der Waals surface area contributed by atoms with Gasteiger partial charge in [-0.25, -0.2) is 19.2 Å². The highest BCUT2D eigenvalue weighted by Crippen LogP contribution is 2.31. The van der Waals surface area contributed by atoms with Crippen molar-refractivity contribution in [3.05, 3.63) is 28.5 Å². The Morgan fingerprint density at radius 3 is 2.23 bits per heavy atom. The van der Waals surface area contributed by atoms with Gasteiger partial charge in [-0.2, -0.15) is 0 Å². The molecule has 2 amide bonds. The number of nitrogens with zero attached hydrogens (tertiary/aromatic N) is 1. The van der Waals surface area contributed by atoms with Gasteiger partial charge in [-0.3, -0.25) is 15.1 Å². The van der Waals surface area contributed by atoms with E-state index in [4.69, 9.17) is 40.0 Å². The normalized spacial score (nSPS) is 21.4. The van der Waals surface area contributed by atoms with Crippen molar-refractivity contribution in [3.8, 4) is 0 Å². The highest BCUT2D eigenvalue weighted by molar-refractivity contribution is 6.30. The number of amides is 2. The summed E-state index contributed by atoms with van der Waals surface area (Å²) in [5, 5.41) is 5.40. The molecule has 14 nitrogen and oxygen atoms in total. The molecule has 0 saturated carbocycles. The van der Waals surface area contributed by atoms with Crippen molar-refractivity contribution in [2.24, 2.45) is 11.8 Å². The topological polar surface area (TPSA) is 178 Å². The van der Waals surface area contributed by atoms with Gasteiger partial charge in [0.05, 0.1) is 29.5 Å². The van der Waals surface area contributed by atoms with Crippen LogP contribution in [0.3, 0.4) is 0 Å². The SMILES string of the molecule is CCOC(=O)C(CC)(OC(=O)c1cc(Cl)cnc1CC1CCOC1NC(=O)OC(C)(C)C)C(=O)C(NC(=O)OC(C)(C)C)C1CCOC1. The molecule has 0 radical (unpaired) electrons. The smallest absolute Gasteiger partial charge is 0.409 e. The molecule has 2 aliphatic heterocycles. The molecule has 1 aromatic rings. The van der Waals surface area contributed by atoms with E-state index in [9.17, 15) is 24.0 Å². The third-order valence-corrected chi connectivity index (χ3v) is 7.85. The quantitative estimate of drug-likeness (QED) is 0.177. The fourth-order valence-electron chi connectivity index (χ4n) is 5.42. The van der Waals surface area contributed by atoms with Crippen molar-refractivity contribution < 1.29 is 52.4 Å². The monoisotopic (exact) mass is 697 g/mol. The van der Waals surface area contributed by atoms with Crippen LogP contribution in [0.4, 0.5) is 9.59 Å². The third-order valence-electron chi connectivity index (χ3n) is 7.64. The molecule has 3 rings (SSSR count). The largest absolute Gasteiger partial charge is 0.463 e. The van der Waals surface area contributed by atoms with Crippen LogP contribution < -0.4 is 10.6 Å². The summed E-state index contributed by atoms with van der Waals surface area (Å²) in [5.74, 6) is -3.89. The Kier molecular flexibility index (Phi) is 13.2. The number of Topliss-reactive ketones (excluding diaryl/α,β-unsaturated/α-hetero) is 1. The lowest BCUT2D eigenvalue weighted by atomic mass is 9.83. The molecule has 2 N–H and O–H groups in total. The van der Waals surface area contributed by atoms with Crippen molar-refractivity contribution in [1.82, 2.24) is 15.6 Å². The van der Waals surface area contributed by atoms with Crippen molar-refractivity contribution in [2.75, 3.05) is 26.4 Å². The zero-order chi connectivity index (χ0) is 35.9. The van der Waals surface area contributed by atoms with E-state index in [1.807, 2.05) is 0 Å². The zero-order valence-corrected chi connectivity index (χ0v) is 29.7. The van der Waals surface area contributed by atoms with Gasteiger partial charge in [-0.15, -0.1) is 0 Å². The molecule has 48 heavy (non-hydrogen) atoms. The summed E-state index contributed by atoms with van der Waals surface area (Å²) >= 11 is 6.26. The van der Waals surface area contributed by atoms with E-state index < -0.39 is 64.9 Å². The summed E-state index contributed by atoms with van der Waals surface area (Å²) in [6, 6.07) is 0.0158. The number of alkyl carbamates (subject to hydrolysis) is 2. The number of nitrogens with one attached hydrogen (secondary N) is 2. The molecule has 0 aliphatic carbocycles. The summed E-state index contributed by atoms with van der Waals surface area (Å²) in [7, 11) is 0. The summed E-state index contributed by atoms with van der Waals surface area (Å²) in [6.07, 6.45) is -0.161. The Bertz CT molecular complexity index is 1340. The Balaban J connectivity index is 1.95. The van der Waals surface area contributed by atoms with E-state index >= 15 is 0 Å². The van der Waals surface area contributed by atoms with Crippen LogP contribution in [0.2, 0.25) is 5.02 Å². The molecule has 1 aromatic heterocycles. The second kappa shape index (κ2) is 16.3. The van der Waals surface area contributed by atoms with Crippen LogP contribution in [0, 0.1) is 11.8 Å². The average molecular weight is 698 g/mol. The highest BCUT2D eigenvalue weighted by Gasteiger charge is 2.55. The number of carbonyl (C=O) groups is 5. The third kappa shape index (κ3) is 10.5. The molecule has 5 unspecified atom stereocenters. The second-order valence-corrected chi connectivity index (χ2v) is 14.2. The fourth-order valence-corrected chi connectivity index (χ4v) is 5.58. The van der Waals surface area contributed by atoms with E-state index in [1.165, 1.54) is 19.2 Å². The van der Waals surface area contributed by atoms with Crippen LogP contribution in [-0.4, -0.2) is 90.4 Å². The number of aromatic nitrogens is 1. The minimum Gasteiger partial charge on any atom is -0.463 e. The second-order valence-electron chi connectivity index (χ2n) is 13.7. The molecule has 2 aliphatic rings. The van der Waals surface area contributed by atoms with Gasteiger partial charge in [-0.05, 0) is 73.8 Å². The Hall–Kier alpha value is -3.49. The fraction of sp³-hybridized carbons (Fsp3) is 0.697. The molecule has 268 valence electrons. The first kappa shape index (κ1) is 39.0. The zero-order valence-electron chi connectivity index (χ0n) is 28.9. The van der Waals surface area contributed by atoms with E-state index in [0.29, 0.717) is 26.1 Å². The van der Waals surface area contributed by atoms with Crippen LogP contribution in [0.15, 0.2) is 12.3 Å². The van der Waals surface area contributed by atoms with Gasteiger partial charge in [0.1, 0.15) is 23.5 Å². The summed E-state index contributed by atoms with van der Waals surface area (Å²) < 4.78 is 33.1. The number of esters is 2. The van der Waals surface area contributed by atoms with Crippen LogP contribution in [0.5, 0.6) is 0 Å². The predicted molar refractivity (Wildman–Crippen MR) is 172 cm³/mol. The molecular weight excluding hydrogens is 650 g/mol. The standard InChI is InChI=1S/C33H48ClN3O11/c1-9-33(28(40)44-10-2,25(38)24(20-11-13-43-18-20)36-29(41)47-31(3,4)5)46-27(39)22-16-21(34)17-35-23(22)15-19-12-14-45-26(19)37-30(42)48-32(6,7)8/h16-17,19-20,24,26H,9-15,18H2,1-8H3,(H,36,41)(H,37,42). The lowest BCUT2D eigenvalue weighted by Crippen LogP contribution is -2.61. The van der Waals surface area contributed by atoms with Gasteiger partial charge in [0, 0.05) is 37.7 Å². The van der Waals surface area contributed by atoms with Crippen LogP contribution >= 0.6 is 11.6 Å². The minimum absolute atomic E-state index is 0.0961. The molecule has 0 spiro atoms. The first-order valence-electron chi connectivity index (χ1n) is 16.2. The summed E-state index contributed by atoms with van der Waals surface area (Å²) in [5.41, 5.74) is -3.90. The van der Waals surface area contributed by atoms with Gasteiger partial charge in [0.2, 0.25) is 5.78 Å². The van der Waals surface area contributed by atoms with Crippen LogP contribution in [0.25, 0.3) is 0 Å². The maximum absolute atomic E-state index is 14.4. The molecular formula is C33H48ClN3O11. The number of ketones is 1. The minimum atomic E-state index is -2.45. The Morgan fingerprint density at radius 1 is 0.979 bits per heavy atom. The number of ether oxygens (including phenoxy) is 6. The number of carbonyl (C=O) groups excluding carboxylic acids is 5. The molecule has 0 bridgehead atoms. The average Bonchev–Trinajstić information content (AvgIpc) is 3.66. The van der Waals surface area contributed by atoms with Gasteiger partial charge in [0.15, 0.2) is 0 Å². The molecule has 5 atom stereocenters. The number of hydrogen-bond acceptors (Lipinski definition) is 12. The van der Waals surface area contributed by atoms with Gasteiger partial charge in [0.25, 0.3) is 5.60 Å². The van der Waals surface area contributed by atoms with Crippen molar-refractivity contribution in [3.63, 3.8) is 0 Å². The maximum atomic E-state index is 14.4. The van der Waals surface area contributed by atoms with Crippen LogP contribution in [-0.2, 0) is 44.4 Å². The first-order valence-corrected chi connectivity index (χ1v) is 16.5. The number of rotatable bonds is 12. The summed E-state index contributed by atoms with van der Waals surface area (Å²) in [6.45, 7) is 14.0. The van der Waals surface area contributed by atoms with Crippen molar-refractivity contribution in [1.29, 1.82) is 0 Å². The number of hydrogen-bond donors (Lipinski definition) is 2. The molecule has 0 aromatic carbocycles. The van der Waals surface area contributed by atoms with Crippen molar-refractivity contribution >= 4 is 41.5 Å². The predicted octanol–water partition coefficient (Wildman–Crippen LogP) is 4.53. The lowest BCUT2D eigenvalue weighted by Gasteiger charge is -2.34. The Morgan fingerprint density at radius 2 is 1.65 bits per heavy atom. The highest BCUT2D eigenvalue weighted by atomic mass is 35.5. The van der Waals surface area contributed by atoms with Crippen LogP contribution in [0.1, 0.15) is 90.7 Å². The van der Waals surface area contributed by atoms with Gasteiger partial charge in [-0.1, -0.05) is 18.5 Å². The number of halogens is 1. The van der Waals surface area contributed by atoms with E-state index in [-0.39, 0.29) is 48.3 Å². The van der Waals surface area contributed by atoms with Gasteiger partial charge < -0.3 is 33.7 Å². The lowest BCUT2D eigenvalue weighted by molar-refractivity contribution is -0.172. The molecule has 2 fully saturated rings. The number of pyridine rings is 1. The molecule has 2 saturated heterocycles. The summed E-state index contributed by atoms with van der Waals surface area (Å²) in [4.78, 5) is 71.7. The maximum Gasteiger partial charge on any atom is 0.409 e. The molecule has 3 heterocycles.